The molecule has 0 spiro atoms. The van der Waals surface area contributed by atoms with Gasteiger partial charge in [-0.2, -0.15) is 0 Å². The summed E-state index contributed by atoms with van der Waals surface area (Å²) < 4.78 is 0. The second-order valence-corrected chi connectivity index (χ2v) is 5.26. The Morgan fingerprint density at radius 2 is 2.20 bits per heavy atom. The molecule has 0 amide bonds. The molecule has 0 radical (unpaired) electrons. The van der Waals surface area contributed by atoms with Crippen LogP contribution < -0.4 is 0 Å². The minimum atomic E-state index is 0.261. The van der Waals surface area contributed by atoms with Gasteiger partial charge in [0.25, 0.3) is 0 Å². The van der Waals surface area contributed by atoms with E-state index in [4.69, 9.17) is 12.2 Å². The quantitative estimate of drug-likeness (QED) is 0.691. The van der Waals surface area contributed by atoms with Crippen molar-refractivity contribution in [3.63, 3.8) is 0 Å². The van der Waals surface area contributed by atoms with E-state index in [1.54, 1.807) is 0 Å². The molecular weight excluding hydrogens is 206 g/mol. The topological polar surface area (TPSA) is 20.3 Å². The summed E-state index contributed by atoms with van der Waals surface area (Å²) in [7, 11) is 3.94. The molecule has 2 atom stereocenters. The first kappa shape index (κ1) is 12.6. The minimum Gasteiger partial charge on any atom is -0.372 e. The zero-order chi connectivity index (χ0) is 11.4. The van der Waals surface area contributed by atoms with Gasteiger partial charge in [-0.05, 0) is 18.8 Å². The fourth-order valence-corrected chi connectivity index (χ4v) is 2.47. The first-order valence-electron chi connectivity index (χ1n) is 5.75. The largest absolute Gasteiger partial charge is 0.372 e. The number of hydrogen-bond donors (Lipinski definition) is 0. The lowest BCUT2D eigenvalue weighted by molar-refractivity contribution is -0.126. The Labute approximate surface area is 98.0 Å². The summed E-state index contributed by atoms with van der Waals surface area (Å²) in [5.74, 6) is 1.12. The molecule has 86 valence electrons. The maximum Gasteiger partial charge on any atom is 0.136 e. The fourth-order valence-electron chi connectivity index (χ4n) is 2.21. The highest BCUT2D eigenvalue weighted by molar-refractivity contribution is 7.80. The summed E-state index contributed by atoms with van der Waals surface area (Å²) in [6.45, 7) is 2.16. The van der Waals surface area contributed by atoms with Gasteiger partial charge in [0.15, 0.2) is 0 Å². The molecule has 0 aliphatic heterocycles. The molecular formula is C12H21NOS. The van der Waals surface area contributed by atoms with E-state index >= 15 is 0 Å². The van der Waals surface area contributed by atoms with Crippen molar-refractivity contribution in [2.75, 3.05) is 14.1 Å². The van der Waals surface area contributed by atoms with Gasteiger partial charge in [0.05, 0.1) is 4.99 Å². The number of rotatable bonds is 3. The molecule has 1 aliphatic rings. The number of carbonyl (C=O) groups excluding carboxylic acids is 1. The number of hydrogen-bond acceptors (Lipinski definition) is 2. The molecule has 3 heteroatoms. The van der Waals surface area contributed by atoms with Crippen LogP contribution in [0.25, 0.3) is 0 Å². The molecule has 1 fully saturated rings. The van der Waals surface area contributed by atoms with Gasteiger partial charge in [0.1, 0.15) is 5.78 Å². The summed E-state index contributed by atoms with van der Waals surface area (Å²) in [6.07, 6.45) is 5.01. The average Bonchev–Trinajstić information content (AvgIpc) is 2.18. The Morgan fingerprint density at radius 1 is 1.53 bits per heavy atom. The van der Waals surface area contributed by atoms with E-state index in [-0.39, 0.29) is 5.92 Å². The van der Waals surface area contributed by atoms with Crippen molar-refractivity contribution in [1.82, 2.24) is 4.90 Å². The van der Waals surface area contributed by atoms with Crippen molar-refractivity contribution in [2.45, 2.75) is 39.0 Å². The third-order valence-electron chi connectivity index (χ3n) is 3.28. The summed E-state index contributed by atoms with van der Waals surface area (Å²) in [6, 6.07) is 0. The van der Waals surface area contributed by atoms with Gasteiger partial charge in [-0.1, -0.05) is 25.6 Å². The molecule has 1 saturated carbocycles. The molecule has 0 bridgehead atoms. The van der Waals surface area contributed by atoms with Crippen LogP contribution in [0.15, 0.2) is 0 Å². The van der Waals surface area contributed by atoms with Crippen LogP contribution in [0.3, 0.4) is 0 Å². The molecule has 0 aromatic carbocycles. The Bertz CT molecular complexity index is 250. The van der Waals surface area contributed by atoms with Crippen LogP contribution in [0.4, 0.5) is 0 Å². The van der Waals surface area contributed by atoms with Gasteiger partial charge >= 0.3 is 0 Å². The maximum absolute atomic E-state index is 11.7. The number of ketones is 1. The Morgan fingerprint density at radius 3 is 2.73 bits per heavy atom. The predicted octanol–water partition coefficient (Wildman–Crippen LogP) is 2.66. The Hall–Kier alpha value is -0.440. The van der Waals surface area contributed by atoms with Crippen molar-refractivity contribution < 1.29 is 4.79 Å². The molecule has 0 saturated heterocycles. The van der Waals surface area contributed by atoms with Crippen molar-refractivity contribution in [1.29, 1.82) is 0 Å². The van der Waals surface area contributed by atoms with Crippen LogP contribution >= 0.6 is 12.2 Å². The lowest BCUT2D eigenvalue weighted by atomic mass is 9.78. The van der Waals surface area contributed by atoms with Crippen LogP contribution in [0.5, 0.6) is 0 Å². The second-order valence-electron chi connectivity index (χ2n) is 4.79. The lowest BCUT2D eigenvalue weighted by Gasteiger charge is -2.27. The average molecular weight is 227 g/mol. The van der Waals surface area contributed by atoms with Crippen LogP contribution in [0, 0.1) is 11.8 Å². The lowest BCUT2D eigenvalue weighted by Crippen LogP contribution is -2.29. The second kappa shape index (κ2) is 5.59. The normalized spacial score (nSPS) is 23.7. The van der Waals surface area contributed by atoms with Crippen LogP contribution in [-0.4, -0.2) is 29.8 Å². The molecule has 2 nitrogen and oxygen atoms in total. The minimum absolute atomic E-state index is 0.261. The molecule has 0 heterocycles. The number of carbonyl (C=O) groups is 1. The highest BCUT2D eigenvalue weighted by Crippen LogP contribution is 2.29. The number of Topliss-reactive ketones (excluding diaryl/α,β-unsaturated/α-hetero) is 1. The SMILES string of the molecule is CC(CC(=S)N(C)C)C1CCCCC1=O. The van der Waals surface area contributed by atoms with E-state index in [0.29, 0.717) is 11.7 Å². The maximum atomic E-state index is 11.7. The van der Waals surface area contributed by atoms with Gasteiger partial charge in [-0.15, -0.1) is 0 Å². The van der Waals surface area contributed by atoms with E-state index < -0.39 is 0 Å². The Kier molecular flexibility index (Phi) is 4.71. The first-order chi connectivity index (χ1) is 7.02. The summed E-state index contributed by atoms with van der Waals surface area (Å²) in [5, 5.41) is 0. The first-order valence-corrected chi connectivity index (χ1v) is 6.16. The third-order valence-corrected chi connectivity index (χ3v) is 3.82. The van der Waals surface area contributed by atoms with Gasteiger partial charge < -0.3 is 4.90 Å². The van der Waals surface area contributed by atoms with E-state index in [9.17, 15) is 4.79 Å². The van der Waals surface area contributed by atoms with Crippen LogP contribution in [-0.2, 0) is 4.79 Å². The zero-order valence-corrected chi connectivity index (χ0v) is 10.8. The third kappa shape index (κ3) is 3.56. The van der Waals surface area contributed by atoms with Gasteiger partial charge in [0.2, 0.25) is 0 Å². The number of nitrogens with zero attached hydrogens (tertiary/aromatic N) is 1. The molecule has 15 heavy (non-hydrogen) atoms. The summed E-state index contributed by atoms with van der Waals surface area (Å²) in [5.41, 5.74) is 0. The fraction of sp³-hybridized carbons (Fsp3) is 0.833. The van der Waals surface area contributed by atoms with Gasteiger partial charge in [-0.25, -0.2) is 0 Å². The molecule has 0 aromatic heterocycles. The predicted molar refractivity (Wildman–Crippen MR) is 67.0 cm³/mol. The standard InChI is InChI=1S/C12H21NOS/c1-9(8-12(15)13(2)3)10-6-4-5-7-11(10)14/h9-10H,4-8H2,1-3H3. The smallest absolute Gasteiger partial charge is 0.136 e. The van der Waals surface area contributed by atoms with E-state index in [2.05, 4.69) is 6.92 Å². The van der Waals surface area contributed by atoms with E-state index in [0.717, 1.165) is 30.7 Å². The van der Waals surface area contributed by atoms with E-state index in [1.807, 2.05) is 19.0 Å². The molecule has 1 aliphatic carbocycles. The van der Waals surface area contributed by atoms with Crippen molar-refractivity contribution in [2.24, 2.45) is 11.8 Å². The van der Waals surface area contributed by atoms with Crippen LogP contribution in [0.2, 0.25) is 0 Å². The van der Waals surface area contributed by atoms with Crippen molar-refractivity contribution in [3.8, 4) is 0 Å². The van der Waals surface area contributed by atoms with Gasteiger partial charge in [-0.3, -0.25) is 4.79 Å². The molecule has 0 aromatic rings. The molecule has 0 N–H and O–H groups in total. The highest BCUT2D eigenvalue weighted by atomic mass is 32.1. The zero-order valence-electron chi connectivity index (χ0n) is 9.95. The highest BCUT2D eigenvalue weighted by Gasteiger charge is 2.28. The van der Waals surface area contributed by atoms with Crippen molar-refractivity contribution in [3.05, 3.63) is 0 Å². The summed E-state index contributed by atoms with van der Waals surface area (Å²) in [4.78, 5) is 14.7. The summed E-state index contributed by atoms with van der Waals surface area (Å²) >= 11 is 5.28. The molecule has 2 unspecified atom stereocenters. The monoisotopic (exact) mass is 227 g/mol. The van der Waals surface area contributed by atoms with Crippen LogP contribution in [0.1, 0.15) is 39.0 Å². The number of thiocarbonyl (C=S) groups is 1. The van der Waals surface area contributed by atoms with E-state index in [1.165, 1.54) is 6.42 Å². The van der Waals surface area contributed by atoms with Gasteiger partial charge in [0, 0.05) is 32.9 Å². The van der Waals surface area contributed by atoms with Crippen molar-refractivity contribution >= 4 is 23.0 Å². The Balaban J connectivity index is 2.48. The molecule has 1 rings (SSSR count).